The van der Waals surface area contributed by atoms with Gasteiger partial charge in [-0.2, -0.15) is 0 Å². The van der Waals surface area contributed by atoms with Crippen LogP contribution in [0.25, 0.3) is 0 Å². The van der Waals surface area contributed by atoms with E-state index >= 15 is 0 Å². The third-order valence-corrected chi connectivity index (χ3v) is 4.17. The molecule has 1 aromatic carbocycles. The predicted molar refractivity (Wildman–Crippen MR) is 92.4 cm³/mol. The van der Waals surface area contributed by atoms with E-state index in [1.54, 1.807) is 5.38 Å². The summed E-state index contributed by atoms with van der Waals surface area (Å²) in [6.45, 7) is 2.17. The Kier molecular flexibility index (Phi) is 6.29. The van der Waals surface area contributed by atoms with Crippen molar-refractivity contribution in [3.63, 3.8) is 0 Å². The normalized spacial score (nSPS) is 10.5. The summed E-state index contributed by atoms with van der Waals surface area (Å²) in [5, 5.41) is 4.97. The van der Waals surface area contributed by atoms with E-state index in [0.29, 0.717) is 17.2 Å². The zero-order valence-corrected chi connectivity index (χ0v) is 14.0. The summed E-state index contributed by atoms with van der Waals surface area (Å²) in [6.07, 6.45) is 3.82. The summed E-state index contributed by atoms with van der Waals surface area (Å²) in [6, 6.07) is 8.13. The monoisotopic (exact) mass is 331 g/mol. The number of nitrogens with one attached hydrogen (secondary N) is 1. The van der Waals surface area contributed by atoms with Gasteiger partial charge in [0.05, 0.1) is 18.5 Å². The van der Waals surface area contributed by atoms with Gasteiger partial charge in [-0.1, -0.05) is 37.6 Å². The van der Waals surface area contributed by atoms with Gasteiger partial charge in [-0.3, -0.25) is 9.59 Å². The lowest BCUT2D eigenvalue weighted by atomic mass is 10.0. The Morgan fingerprint density at radius 2 is 1.87 bits per heavy atom. The van der Waals surface area contributed by atoms with Crippen LogP contribution in [0.15, 0.2) is 29.6 Å². The first-order valence-corrected chi connectivity index (χ1v) is 8.55. The number of aromatic nitrogens is 1. The van der Waals surface area contributed by atoms with E-state index in [0.717, 1.165) is 12.0 Å². The first-order chi connectivity index (χ1) is 11.1. The maximum atomic E-state index is 12.0. The highest BCUT2D eigenvalue weighted by molar-refractivity contribution is 7.13. The third-order valence-electron chi connectivity index (χ3n) is 3.36. The number of nitrogens with two attached hydrogens (primary N) is 1. The lowest BCUT2D eigenvalue weighted by Gasteiger charge is -2.04. The molecular weight excluding hydrogens is 310 g/mol. The number of thiazole rings is 1. The second-order valence-corrected chi connectivity index (χ2v) is 6.29. The van der Waals surface area contributed by atoms with Gasteiger partial charge in [0.15, 0.2) is 5.13 Å². The quantitative estimate of drug-likeness (QED) is 0.780. The van der Waals surface area contributed by atoms with Gasteiger partial charge in [-0.25, -0.2) is 4.98 Å². The summed E-state index contributed by atoms with van der Waals surface area (Å²) in [5.41, 5.74) is 7.97. The summed E-state index contributed by atoms with van der Waals surface area (Å²) in [7, 11) is 0. The van der Waals surface area contributed by atoms with Crippen molar-refractivity contribution in [2.24, 2.45) is 5.73 Å². The average molecular weight is 331 g/mol. The molecule has 1 heterocycles. The van der Waals surface area contributed by atoms with Crippen LogP contribution in [-0.2, 0) is 28.9 Å². The smallest absolute Gasteiger partial charge is 0.230 e. The van der Waals surface area contributed by atoms with E-state index in [-0.39, 0.29) is 12.3 Å². The Balaban J connectivity index is 1.86. The summed E-state index contributed by atoms with van der Waals surface area (Å²) >= 11 is 1.29. The van der Waals surface area contributed by atoms with Crippen LogP contribution < -0.4 is 11.1 Å². The largest absolute Gasteiger partial charge is 0.369 e. The van der Waals surface area contributed by atoms with Gasteiger partial charge in [0.25, 0.3) is 0 Å². The maximum Gasteiger partial charge on any atom is 0.230 e. The molecule has 0 saturated heterocycles. The van der Waals surface area contributed by atoms with Gasteiger partial charge in [-0.15, -0.1) is 11.3 Å². The van der Waals surface area contributed by atoms with E-state index in [4.69, 9.17) is 5.73 Å². The molecule has 122 valence electrons. The molecule has 6 heteroatoms. The highest BCUT2D eigenvalue weighted by Gasteiger charge is 2.09. The molecule has 0 fully saturated rings. The number of carbonyl (C=O) groups excluding carboxylic acids is 2. The standard InChI is InChI=1S/C17H21N3O2S/c1-2-3-4-12-5-7-13(8-6-12)9-16(22)20-17-19-14(11-23-17)10-15(18)21/h5-8,11H,2-4,9-10H2,1H3,(H2,18,21)(H,19,20,22). The van der Waals surface area contributed by atoms with Gasteiger partial charge < -0.3 is 11.1 Å². The highest BCUT2D eigenvalue weighted by atomic mass is 32.1. The van der Waals surface area contributed by atoms with Crippen LogP contribution in [-0.4, -0.2) is 16.8 Å². The number of aryl methyl sites for hydroxylation is 1. The molecule has 0 aliphatic carbocycles. The molecule has 0 aliphatic heterocycles. The molecule has 0 saturated carbocycles. The Labute approximate surface area is 139 Å². The minimum Gasteiger partial charge on any atom is -0.369 e. The van der Waals surface area contributed by atoms with Crippen molar-refractivity contribution >= 4 is 28.3 Å². The molecule has 0 unspecified atom stereocenters. The van der Waals surface area contributed by atoms with Crippen LogP contribution in [0.5, 0.6) is 0 Å². The lowest BCUT2D eigenvalue weighted by molar-refractivity contribution is -0.117. The van der Waals surface area contributed by atoms with Crippen molar-refractivity contribution in [3.05, 3.63) is 46.5 Å². The fraction of sp³-hybridized carbons (Fsp3) is 0.353. The van der Waals surface area contributed by atoms with Crippen LogP contribution in [0.2, 0.25) is 0 Å². The number of unbranched alkanes of at least 4 members (excludes halogenated alkanes) is 1. The van der Waals surface area contributed by atoms with Gasteiger partial charge in [0.2, 0.25) is 11.8 Å². The van der Waals surface area contributed by atoms with Gasteiger partial charge in [0, 0.05) is 5.38 Å². The molecule has 3 N–H and O–H groups in total. The van der Waals surface area contributed by atoms with E-state index in [1.807, 2.05) is 12.1 Å². The molecular formula is C17H21N3O2S. The number of amides is 2. The molecule has 2 rings (SSSR count). The van der Waals surface area contributed by atoms with Crippen molar-refractivity contribution in [3.8, 4) is 0 Å². The number of carbonyl (C=O) groups is 2. The van der Waals surface area contributed by atoms with Crippen LogP contribution in [0.3, 0.4) is 0 Å². The van der Waals surface area contributed by atoms with Crippen LogP contribution in [0, 0.1) is 0 Å². The fourth-order valence-electron chi connectivity index (χ4n) is 2.18. The molecule has 5 nitrogen and oxygen atoms in total. The number of anilines is 1. The minimum atomic E-state index is -0.434. The van der Waals surface area contributed by atoms with Crippen LogP contribution >= 0.6 is 11.3 Å². The van der Waals surface area contributed by atoms with E-state index < -0.39 is 5.91 Å². The molecule has 0 atom stereocenters. The molecule has 0 spiro atoms. The van der Waals surface area contributed by atoms with Crippen molar-refractivity contribution < 1.29 is 9.59 Å². The second kappa shape index (κ2) is 8.43. The van der Waals surface area contributed by atoms with Crippen molar-refractivity contribution in [2.45, 2.75) is 39.0 Å². The zero-order valence-electron chi connectivity index (χ0n) is 13.2. The average Bonchev–Trinajstić information content (AvgIpc) is 2.92. The Morgan fingerprint density at radius 1 is 1.17 bits per heavy atom. The molecule has 2 amide bonds. The first-order valence-electron chi connectivity index (χ1n) is 7.67. The van der Waals surface area contributed by atoms with Crippen molar-refractivity contribution in [1.29, 1.82) is 0 Å². The minimum absolute atomic E-state index is 0.0889. The molecule has 1 aromatic heterocycles. The van der Waals surface area contributed by atoms with E-state index in [2.05, 4.69) is 29.4 Å². The maximum absolute atomic E-state index is 12.0. The third kappa shape index (κ3) is 5.83. The fourth-order valence-corrected chi connectivity index (χ4v) is 2.90. The van der Waals surface area contributed by atoms with Gasteiger partial charge >= 0.3 is 0 Å². The number of hydrogen-bond acceptors (Lipinski definition) is 4. The number of primary amides is 1. The number of nitrogens with zero attached hydrogens (tertiary/aromatic N) is 1. The molecule has 0 radical (unpaired) electrons. The predicted octanol–water partition coefficient (Wildman–Crippen LogP) is 2.69. The van der Waals surface area contributed by atoms with Crippen LogP contribution in [0.4, 0.5) is 5.13 Å². The summed E-state index contributed by atoms with van der Waals surface area (Å²) in [5.74, 6) is -0.553. The Morgan fingerprint density at radius 3 is 2.52 bits per heavy atom. The lowest BCUT2D eigenvalue weighted by Crippen LogP contribution is -2.15. The Bertz CT molecular complexity index is 665. The number of benzene rings is 1. The highest BCUT2D eigenvalue weighted by Crippen LogP contribution is 2.16. The van der Waals surface area contributed by atoms with E-state index in [9.17, 15) is 9.59 Å². The SMILES string of the molecule is CCCCc1ccc(CC(=O)Nc2nc(CC(N)=O)cs2)cc1. The summed E-state index contributed by atoms with van der Waals surface area (Å²) in [4.78, 5) is 27.0. The molecule has 0 aliphatic rings. The van der Waals surface area contributed by atoms with Crippen molar-refractivity contribution in [1.82, 2.24) is 4.98 Å². The Hall–Kier alpha value is -2.21. The second-order valence-electron chi connectivity index (χ2n) is 5.43. The van der Waals surface area contributed by atoms with Crippen LogP contribution in [0.1, 0.15) is 36.6 Å². The molecule has 0 bridgehead atoms. The van der Waals surface area contributed by atoms with Crippen molar-refractivity contribution in [2.75, 3.05) is 5.32 Å². The molecule has 2 aromatic rings. The number of rotatable bonds is 8. The zero-order chi connectivity index (χ0) is 16.7. The van der Waals surface area contributed by atoms with E-state index in [1.165, 1.54) is 29.7 Å². The topological polar surface area (TPSA) is 85.1 Å². The summed E-state index contributed by atoms with van der Waals surface area (Å²) < 4.78 is 0. The molecule has 23 heavy (non-hydrogen) atoms. The first kappa shape index (κ1) is 17.1. The number of hydrogen-bond donors (Lipinski definition) is 2. The van der Waals surface area contributed by atoms with Gasteiger partial charge in [-0.05, 0) is 24.0 Å². The van der Waals surface area contributed by atoms with Gasteiger partial charge in [0.1, 0.15) is 0 Å².